The zero-order valence-electron chi connectivity index (χ0n) is 11.5. The molecule has 0 amide bonds. The number of nitrogens with zero attached hydrogens (tertiary/aromatic N) is 1. The predicted octanol–water partition coefficient (Wildman–Crippen LogP) is 2.84. The van der Waals surface area contributed by atoms with Gasteiger partial charge in [-0.25, -0.2) is 0 Å². The molecule has 0 aliphatic heterocycles. The van der Waals surface area contributed by atoms with Crippen LogP contribution in [0.2, 0.25) is 0 Å². The zero-order chi connectivity index (χ0) is 13.0. The first kappa shape index (κ1) is 13.4. The molecule has 1 aromatic carbocycles. The third-order valence-electron chi connectivity index (χ3n) is 4.06. The van der Waals surface area contributed by atoms with E-state index in [-0.39, 0.29) is 0 Å². The van der Waals surface area contributed by atoms with Crippen molar-refractivity contribution < 1.29 is 0 Å². The fourth-order valence-electron chi connectivity index (χ4n) is 2.88. The summed E-state index contributed by atoms with van der Waals surface area (Å²) in [6, 6.07) is 9.00. The van der Waals surface area contributed by atoms with E-state index in [1.807, 2.05) is 0 Å². The van der Waals surface area contributed by atoms with Crippen LogP contribution in [0.5, 0.6) is 0 Å². The quantitative estimate of drug-likeness (QED) is 0.621. The first-order chi connectivity index (χ1) is 8.70. The highest BCUT2D eigenvalue weighted by molar-refractivity contribution is 5.46. The Labute approximate surface area is 110 Å². The largest absolute Gasteiger partial charge is 0.378 e. The highest BCUT2D eigenvalue weighted by Crippen LogP contribution is 2.33. The van der Waals surface area contributed by atoms with Crippen molar-refractivity contribution in [2.75, 3.05) is 19.0 Å². The Kier molecular flexibility index (Phi) is 4.61. The van der Waals surface area contributed by atoms with Crippen molar-refractivity contribution in [3.05, 3.63) is 29.8 Å². The summed E-state index contributed by atoms with van der Waals surface area (Å²) in [5, 5.41) is 0. The molecule has 1 fully saturated rings. The van der Waals surface area contributed by atoms with Gasteiger partial charge in [-0.2, -0.15) is 0 Å². The molecule has 0 spiro atoms. The van der Waals surface area contributed by atoms with Gasteiger partial charge in [-0.15, -0.1) is 0 Å². The van der Waals surface area contributed by atoms with Gasteiger partial charge < -0.3 is 4.90 Å². The summed E-state index contributed by atoms with van der Waals surface area (Å²) < 4.78 is 0. The first-order valence-electron chi connectivity index (χ1n) is 6.94. The van der Waals surface area contributed by atoms with E-state index in [1.165, 1.54) is 36.9 Å². The van der Waals surface area contributed by atoms with Gasteiger partial charge in [0.15, 0.2) is 0 Å². The molecule has 0 radical (unpaired) electrons. The van der Waals surface area contributed by atoms with Crippen molar-refractivity contribution in [1.29, 1.82) is 0 Å². The normalized spacial score (nSPS) is 17.9. The summed E-state index contributed by atoms with van der Waals surface area (Å²) in [5.74, 6) is 6.57. The van der Waals surface area contributed by atoms with Crippen LogP contribution in [0.4, 0.5) is 5.69 Å². The molecule has 2 rings (SSSR count). The number of hydrazine groups is 1. The summed E-state index contributed by atoms with van der Waals surface area (Å²) in [5.41, 5.74) is 5.51. The molecule has 1 aromatic rings. The molecule has 0 saturated heterocycles. The molecule has 1 aliphatic rings. The third-order valence-corrected chi connectivity index (χ3v) is 4.06. The Bertz CT molecular complexity index is 353. The molecule has 0 heterocycles. The highest BCUT2D eigenvalue weighted by atomic mass is 15.2. The Morgan fingerprint density at radius 3 is 2.33 bits per heavy atom. The van der Waals surface area contributed by atoms with Crippen LogP contribution in [-0.2, 0) is 0 Å². The van der Waals surface area contributed by atoms with Gasteiger partial charge in [-0.3, -0.25) is 11.3 Å². The maximum atomic E-state index is 5.72. The molecule has 0 bridgehead atoms. The molecule has 1 saturated carbocycles. The standard InChI is InChI=1S/C15H25N3/c1-18(2)14-9-7-13(8-10-14)15(17-16)11-12-5-3-4-6-12/h7-10,12,15,17H,3-6,11,16H2,1-2H3. The molecular formula is C15H25N3. The van der Waals surface area contributed by atoms with Crippen LogP contribution < -0.4 is 16.2 Å². The molecule has 1 atom stereocenters. The number of anilines is 1. The highest BCUT2D eigenvalue weighted by Gasteiger charge is 2.20. The van der Waals surface area contributed by atoms with Gasteiger partial charge in [0.2, 0.25) is 0 Å². The van der Waals surface area contributed by atoms with Crippen LogP contribution in [-0.4, -0.2) is 14.1 Å². The lowest BCUT2D eigenvalue weighted by Crippen LogP contribution is -2.29. The lowest BCUT2D eigenvalue weighted by atomic mass is 9.94. The lowest BCUT2D eigenvalue weighted by Gasteiger charge is -2.21. The van der Waals surface area contributed by atoms with Crippen molar-refractivity contribution in [3.63, 3.8) is 0 Å². The lowest BCUT2D eigenvalue weighted by molar-refractivity contribution is 0.400. The summed E-state index contributed by atoms with van der Waals surface area (Å²) in [4.78, 5) is 2.12. The maximum Gasteiger partial charge on any atom is 0.0462 e. The summed E-state index contributed by atoms with van der Waals surface area (Å²) in [6.45, 7) is 0. The van der Waals surface area contributed by atoms with Gasteiger partial charge in [0.25, 0.3) is 0 Å². The van der Waals surface area contributed by atoms with Gasteiger partial charge in [0, 0.05) is 25.8 Å². The number of hydrogen-bond donors (Lipinski definition) is 2. The Morgan fingerprint density at radius 1 is 1.22 bits per heavy atom. The number of rotatable bonds is 5. The van der Waals surface area contributed by atoms with Crippen LogP contribution in [0, 0.1) is 5.92 Å². The molecule has 3 N–H and O–H groups in total. The number of hydrogen-bond acceptors (Lipinski definition) is 3. The van der Waals surface area contributed by atoms with E-state index in [1.54, 1.807) is 0 Å². The molecule has 1 aliphatic carbocycles. The van der Waals surface area contributed by atoms with Crippen molar-refractivity contribution in [2.45, 2.75) is 38.1 Å². The molecule has 3 heteroatoms. The second kappa shape index (κ2) is 6.21. The van der Waals surface area contributed by atoms with E-state index >= 15 is 0 Å². The second-order valence-electron chi connectivity index (χ2n) is 5.59. The smallest absolute Gasteiger partial charge is 0.0462 e. The van der Waals surface area contributed by atoms with Gasteiger partial charge in [-0.05, 0) is 30.0 Å². The predicted molar refractivity (Wildman–Crippen MR) is 77.4 cm³/mol. The topological polar surface area (TPSA) is 41.3 Å². The molecule has 100 valence electrons. The van der Waals surface area contributed by atoms with E-state index < -0.39 is 0 Å². The molecule has 0 aromatic heterocycles. The van der Waals surface area contributed by atoms with Gasteiger partial charge in [-0.1, -0.05) is 37.8 Å². The summed E-state index contributed by atoms with van der Waals surface area (Å²) >= 11 is 0. The average Bonchev–Trinajstić information content (AvgIpc) is 2.89. The van der Waals surface area contributed by atoms with E-state index in [0.29, 0.717) is 6.04 Å². The van der Waals surface area contributed by atoms with Crippen molar-refractivity contribution in [2.24, 2.45) is 11.8 Å². The van der Waals surface area contributed by atoms with Gasteiger partial charge in [0.1, 0.15) is 0 Å². The maximum absolute atomic E-state index is 5.72. The van der Waals surface area contributed by atoms with E-state index in [4.69, 9.17) is 5.84 Å². The third kappa shape index (κ3) is 3.24. The summed E-state index contributed by atoms with van der Waals surface area (Å²) in [6.07, 6.45) is 6.68. The molecular weight excluding hydrogens is 222 g/mol. The Morgan fingerprint density at radius 2 is 1.83 bits per heavy atom. The van der Waals surface area contributed by atoms with E-state index in [9.17, 15) is 0 Å². The number of nitrogens with one attached hydrogen (secondary N) is 1. The van der Waals surface area contributed by atoms with Crippen LogP contribution in [0.15, 0.2) is 24.3 Å². The van der Waals surface area contributed by atoms with Gasteiger partial charge in [0.05, 0.1) is 0 Å². The minimum absolute atomic E-state index is 0.296. The number of nitrogens with two attached hydrogens (primary N) is 1. The molecule has 18 heavy (non-hydrogen) atoms. The van der Waals surface area contributed by atoms with E-state index in [2.05, 4.69) is 48.7 Å². The van der Waals surface area contributed by atoms with E-state index in [0.717, 1.165) is 12.3 Å². The van der Waals surface area contributed by atoms with Crippen LogP contribution >= 0.6 is 0 Å². The summed E-state index contributed by atoms with van der Waals surface area (Å²) in [7, 11) is 4.12. The minimum Gasteiger partial charge on any atom is -0.378 e. The van der Waals surface area contributed by atoms with Crippen molar-refractivity contribution in [3.8, 4) is 0 Å². The average molecular weight is 247 g/mol. The van der Waals surface area contributed by atoms with Crippen LogP contribution in [0.1, 0.15) is 43.7 Å². The Balaban J connectivity index is 2.02. The fraction of sp³-hybridized carbons (Fsp3) is 0.600. The number of benzene rings is 1. The van der Waals surface area contributed by atoms with Gasteiger partial charge >= 0.3 is 0 Å². The SMILES string of the molecule is CN(C)c1ccc(C(CC2CCCC2)NN)cc1. The van der Waals surface area contributed by atoms with Crippen molar-refractivity contribution in [1.82, 2.24) is 5.43 Å². The molecule has 1 unspecified atom stereocenters. The second-order valence-corrected chi connectivity index (χ2v) is 5.59. The van der Waals surface area contributed by atoms with Crippen molar-refractivity contribution >= 4 is 5.69 Å². The fourth-order valence-corrected chi connectivity index (χ4v) is 2.88. The first-order valence-corrected chi connectivity index (χ1v) is 6.94. The monoisotopic (exact) mass is 247 g/mol. The Hall–Kier alpha value is -1.06. The molecule has 3 nitrogen and oxygen atoms in total. The zero-order valence-corrected chi connectivity index (χ0v) is 11.5. The van der Waals surface area contributed by atoms with Crippen LogP contribution in [0.3, 0.4) is 0 Å². The van der Waals surface area contributed by atoms with Crippen LogP contribution in [0.25, 0.3) is 0 Å². The minimum atomic E-state index is 0.296.